The third-order valence-corrected chi connectivity index (χ3v) is 9.31. The van der Waals surface area contributed by atoms with Gasteiger partial charge in [0.05, 0.1) is 17.5 Å². The van der Waals surface area contributed by atoms with E-state index in [0.29, 0.717) is 37.2 Å². The minimum Gasteiger partial charge on any atom is -0.331 e. The molecule has 2 saturated heterocycles. The Morgan fingerprint density at radius 2 is 1.68 bits per heavy atom. The van der Waals surface area contributed by atoms with E-state index in [4.69, 9.17) is 0 Å². The number of carbonyl (C=O) groups excluding carboxylic acids is 2. The summed E-state index contributed by atoms with van der Waals surface area (Å²) in [5.41, 5.74) is 4.25. The fourth-order valence-corrected chi connectivity index (χ4v) is 6.88. The van der Waals surface area contributed by atoms with Crippen molar-refractivity contribution >= 4 is 17.5 Å². The maximum absolute atomic E-state index is 15.0. The van der Waals surface area contributed by atoms with Gasteiger partial charge in [0.2, 0.25) is 5.91 Å². The first-order chi connectivity index (χ1) is 20.9. The molecule has 5 nitrogen and oxygen atoms in total. The molecule has 7 heteroatoms. The molecule has 3 aromatic carbocycles. The van der Waals surface area contributed by atoms with Crippen molar-refractivity contribution in [1.29, 1.82) is 0 Å². The van der Waals surface area contributed by atoms with Gasteiger partial charge in [-0.05, 0) is 91.9 Å². The Bertz CT molecular complexity index is 1460. The van der Waals surface area contributed by atoms with Gasteiger partial charge in [-0.3, -0.25) is 14.5 Å². The molecule has 4 unspecified atom stereocenters. The number of benzene rings is 3. The quantitative estimate of drug-likeness (QED) is 0.299. The van der Waals surface area contributed by atoms with Crippen molar-refractivity contribution in [3.05, 3.63) is 100 Å². The number of rotatable bonds is 7. The Hall–Kier alpha value is -3.58. The van der Waals surface area contributed by atoms with Crippen LogP contribution in [-0.2, 0) is 16.8 Å². The third kappa shape index (κ3) is 6.88. The molecule has 234 valence electrons. The highest BCUT2D eigenvalue weighted by Gasteiger charge is 2.40. The van der Waals surface area contributed by atoms with Gasteiger partial charge in [0.1, 0.15) is 12.0 Å². The highest BCUT2D eigenvalue weighted by Crippen LogP contribution is 2.39. The van der Waals surface area contributed by atoms with Crippen LogP contribution in [0.4, 0.5) is 14.5 Å². The number of likely N-dealkylation sites (tertiary alicyclic amines) is 2. The molecule has 0 aliphatic carbocycles. The van der Waals surface area contributed by atoms with Crippen molar-refractivity contribution in [2.75, 3.05) is 18.4 Å². The van der Waals surface area contributed by atoms with E-state index in [1.165, 1.54) is 6.07 Å². The molecule has 3 aromatic rings. The van der Waals surface area contributed by atoms with Crippen LogP contribution in [0.2, 0.25) is 0 Å². The van der Waals surface area contributed by atoms with E-state index in [1.54, 1.807) is 30.9 Å². The van der Waals surface area contributed by atoms with E-state index in [-0.39, 0.29) is 22.9 Å². The number of aryl methyl sites for hydroxylation is 1. The monoisotopic (exact) mass is 601 g/mol. The normalized spacial score (nSPS) is 21.7. The molecular weight excluding hydrogens is 556 g/mol. The molecule has 5 rings (SSSR count). The van der Waals surface area contributed by atoms with Crippen LogP contribution in [0.1, 0.15) is 92.0 Å². The first-order valence-corrected chi connectivity index (χ1v) is 15.9. The molecule has 2 amide bonds. The molecule has 0 radical (unpaired) electrons. The Labute approximate surface area is 260 Å². The number of hydrogen-bond donors (Lipinski definition) is 1. The van der Waals surface area contributed by atoms with Crippen molar-refractivity contribution in [1.82, 2.24) is 9.80 Å². The fourth-order valence-electron chi connectivity index (χ4n) is 6.88. The standard InChI is InChI=1S/C37H45F2N3O2/c1-24-10-6-14-31(39)33(24)36(44)42-21-8-13-30(35(43)40-29-12-7-11-28(22-29)37(3,4)5)34(42)27-18-16-26(17-19-27)23-41-20-9-15-32(41)25(2)38/h6-7,10-12,14,16-19,22,25,30,32,34H,8-9,13,15,20-21,23H2,1-5H3,(H,40,43). The molecule has 0 bridgehead atoms. The molecule has 2 aliphatic rings. The smallest absolute Gasteiger partial charge is 0.257 e. The SMILES string of the molecule is Cc1cccc(F)c1C(=O)N1CCCC(C(=O)Nc2cccc(C(C)(C)C)c2)C1c1ccc(CN2CCCC2C(C)F)cc1. The first-order valence-electron chi connectivity index (χ1n) is 15.9. The highest BCUT2D eigenvalue weighted by molar-refractivity contribution is 5.98. The van der Waals surface area contributed by atoms with Crippen LogP contribution in [0, 0.1) is 18.7 Å². The number of carbonyl (C=O) groups is 2. The second kappa shape index (κ2) is 13.2. The second-order valence-corrected chi connectivity index (χ2v) is 13.5. The van der Waals surface area contributed by atoms with Crippen molar-refractivity contribution in [2.45, 2.75) is 90.5 Å². The number of anilines is 1. The lowest BCUT2D eigenvalue weighted by molar-refractivity contribution is -0.123. The average molecular weight is 602 g/mol. The van der Waals surface area contributed by atoms with Crippen molar-refractivity contribution < 1.29 is 18.4 Å². The number of amides is 2. The van der Waals surface area contributed by atoms with Gasteiger partial charge in [-0.15, -0.1) is 0 Å². The lowest BCUT2D eigenvalue weighted by Crippen LogP contribution is -2.46. The van der Waals surface area contributed by atoms with Crippen LogP contribution < -0.4 is 5.32 Å². The number of hydrogen-bond acceptors (Lipinski definition) is 3. The van der Waals surface area contributed by atoms with Gasteiger partial charge < -0.3 is 10.2 Å². The largest absolute Gasteiger partial charge is 0.331 e. The van der Waals surface area contributed by atoms with Crippen LogP contribution >= 0.6 is 0 Å². The van der Waals surface area contributed by atoms with Crippen LogP contribution in [0.15, 0.2) is 66.7 Å². The molecule has 2 aliphatic heterocycles. The second-order valence-electron chi connectivity index (χ2n) is 13.5. The number of piperidine rings is 1. The molecule has 0 spiro atoms. The Morgan fingerprint density at radius 3 is 2.36 bits per heavy atom. The van der Waals surface area contributed by atoms with Crippen LogP contribution in [-0.4, -0.2) is 46.9 Å². The van der Waals surface area contributed by atoms with Gasteiger partial charge in [-0.1, -0.05) is 69.3 Å². The molecule has 2 heterocycles. The molecular formula is C37H45F2N3O2. The molecule has 1 N–H and O–H groups in total. The van der Waals surface area contributed by atoms with Crippen LogP contribution in [0.25, 0.3) is 0 Å². The fraction of sp³-hybridized carbons (Fsp3) is 0.459. The minimum atomic E-state index is -0.885. The van der Waals surface area contributed by atoms with E-state index in [2.05, 4.69) is 37.1 Å². The maximum atomic E-state index is 15.0. The zero-order chi connectivity index (χ0) is 31.6. The van der Waals surface area contributed by atoms with Gasteiger partial charge in [-0.25, -0.2) is 8.78 Å². The maximum Gasteiger partial charge on any atom is 0.257 e. The molecule has 4 atom stereocenters. The predicted octanol–water partition coefficient (Wildman–Crippen LogP) is 7.99. The molecule has 0 aromatic heterocycles. The van der Waals surface area contributed by atoms with Crippen LogP contribution in [0.3, 0.4) is 0 Å². The zero-order valence-corrected chi connectivity index (χ0v) is 26.6. The predicted molar refractivity (Wildman–Crippen MR) is 172 cm³/mol. The number of halogens is 2. The molecule has 2 fully saturated rings. The summed E-state index contributed by atoms with van der Waals surface area (Å²) >= 11 is 0. The topological polar surface area (TPSA) is 52.7 Å². The summed E-state index contributed by atoms with van der Waals surface area (Å²) in [6.07, 6.45) is 2.19. The Morgan fingerprint density at radius 1 is 0.977 bits per heavy atom. The van der Waals surface area contributed by atoms with Crippen molar-refractivity contribution in [2.24, 2.45) is 5.92 Å². The van der Waals surface area contributed by atoms with Crippen LogP contribution in [0.5, 0.6) is 0 Å². The van der Waals surface area contributed by atoms with Gasteiger partial charge in [-0.2, -0.15) is 0 Å². The lowest BCUT2D eigenvalue weighted by atomic mass is 9.82. The van der Waals surface area contributed by atoms with Gasteiger partial charge in [0.25, 0.3) is 5.91 Å². The Balaban J connectivity index is 1.46. The van der Waals surface area contributed by atoms with E-state index in [9.17, 15) is 14.0 Å². The summed E-state index contributed by atoms with van der Waals surface area (Å²) in [5.74, 6) is -1.65. The number of nitrogens with one attached hydrogen (secondary N) is 1. The van der Waals surface area contributed by atoms with E-state index < -0.39 is 29.9 Å². The Kier molecular flexibility index (Phi) is 9.54. The summed E-state index contributed by atoms with van der Waals surface area (Å²) in [4.78, 5) is 31.9. The minimum absolute atomic E-state index is 0.0495. The summed E-state index contributed by atoms with van der Waals surface area (Å²) in [7, 11) is 0. The summed E-state index contributed by atoms with van der Waals surface area (Å²) in [5, 5.41) is 3.13. The van der Waals surface area contributed by atoms with Crippen molar-refractivity contribution in [3.8, 4) is 0 Å². The van der Waals surface area contributed by atoms with E-state index in [0.717, 1.165) is 36.1 Å². The summed E-state index contributed by atoms with van der Waals surface area (Å²) in [6.45, 7) is 11.7. The summed E-state index contributed by atoms with van der Waals surface area (Å²) < 4.78 is 29.2. The zero-order valence-electron chi connectivity index (χ0n) is 26.6. The molecule has 44 heavy (non-hydrogen) atoms. The van der Waals surface area contributed by atoms with Gasteiger partial charge in [0.15, 0.2) is 0 Å². The lowest BCUT2D eigenvalue weighted by Gasteiger charge is -2.41. The number of nitrogens with zero attached hydrogens (tertiary/aromatic N) is 2. The van der Waals surface area contributed by atoms with Gasteiger partial charge in [0, 0.05) is 24.8 Å². The van der Waals surface area contributed by atoms with E-state index in [1.807, 2.05) is 42.5 Å². The molecule has 0 saturated carbocycles. The van der Waals surface area contributed by atoms with Gasteiger partial charge >= 0.3 is 0 Å². The first kappa shape index (κ1) is 31.8. The van der Waals surface area contributed by atoms with E-state index >= 15 is 4.39 Å². The van der Waals surface area contributed by atoms with Crippen molar-refractivity contribution in [3.63, 3.8) is 0 Å². The number of alkyl halides is 1. The highest BCUT2D eigenvalue weighted by atomic mass is 19.1. The summed E-state index contributed by atoms with van der Waals surface area (Å²) in [6, 6.07) is 19.9. The average Bonchev–Trinajstić information content (AvgIpc) is 3.45. The third-order valence-electron chi connectivity index (χ3n) is 9.31.